The molecular weight excluding hydrogens is 304 g/mol. The number of fused-ring (bicyclic) bond motifs is 1. The molecule has 0 radical (unpaired) electrons. The van der Waals surface area contributed by atoms with Crippen LogP contribution in [0.5, 0.6) is 0 Å². The zero-order chi connectivity index (χ0) is 13.2. The van der Waals surface area contributed by atoms with Crippen LogP contribution in [0.3, 0.4) is 0 Å². The van der Waals surface area contributed by atoms with E-state index in [1.165, 1.54) is 12.1 Å². The van der Waals surface area contributed by atoms with E-state index < -0.39 is 0 Å². The van der Waals surface area contributed by atoms with Gasteiger partial charge >= 0.3 is 0 Å². The highest BCUT2D eigenvalue weighted by atomic mass is 79.9. The topological polar surface area (TPSA) is 55.0 Å². The minimum Gasteiger partial charge on any atom is -0.369 e. The molecule has 0 aromatic carbocycles. The van der Waals surface area contributed by atoms with Gasteiger partial charge in [0.15, 0.2) is 0 Å². The summed E-state index contributed by atoms with van der Waals surface area (Å²) in [6.07, 6.45) is 6.03. The minimum absolute atomic E-state index is 0.712. The lowest BCUT2D eigenvalue weighted by Crippen LogP contribution is -2.21. The largest absolute Gasteiger partial charge is 0.369 e. The molecule has 5 heteroatoms. The van der Waals surface area contributed by atoms with Crippen LogP contribution < -0.4 is 10.6 Å². The van der Waals surface area contributed by atoms with Crippen LogP contribution in [0.25, 0.3) is 11.0 Å². The predicted molar refractivity (Wildman–Crippen MR) is 81.2 cm³/mol. The maximum atomic E-state index is 5.65. The van der Waals surface area contributed by atoms with Crippen molar-refractivity contribution in [3.63, 3.8) is 0 Å². The molecule has 1 unspecified atom stereocenters. The van der Waals surface area contributed by atoms with Crippen molar-refractivity contribution in [1.82, 2.24) is 9.97 Å². The lowest BCUT2D eigenvalue weighted by atomic mass is 10.1. The summed E-state index contributed by atoms with van der Waals surface area (Å²) in [6, 6.07) is 4.08. The Bertz CT molecular complexity index is 587. The molecule has 3 rings (SSSR count). The smallest absolute Gasteiger partial charge is 0.112 e. The highest BCUT2D eigenvalue weighted by Crippen LogP contribution is 2.30. The number of rotatable bonds is 3. The van der Waals surface area contributed by atoms with Gasteiger partial charge in [-0.3, -0.25) is 9.97 Å². The van der Waals surface area contributed by atoms with E-state index in [4.69, 9.17) is 5.73 Å². The Labute approximate surface area is 121 Å². The fourth-order valence-electron chi connectivity index (χ4n) is 2.77. The number of hydrogen-bond donors (Lipinski definition) is 1. The molecular formula is C14H17BrN4. The van der Waals surface area contributed by atoms with Crippen molar-refractivity contribution < 1.29 is 0 Å². The zero-order valence-electron chi connectivity index (χ0n) is 10.7. The second-order valence-electron chi connectivity index (χ2n) is 5.03. The fraction of sp³-hybridized carbons (Fsp3) is 0.429. The molecule has 0 aliphatic carbocycles. The summed E-state index contributed by atoms with van der Waals surface area (Å²) in [4.78, 5) is 11.3. The van der Waals surface area contributed by atoms with Crippen LogP contribution in [0.2, 0.25) is 0 Å². The van der Waals surface area contributed by atoms with Crippen molar-refractivity contribution in [2.45, 2.75) is 12.8 Å². The number of nitrogens with two attached hydrogens (primary N) is 1. The normalized spacial score (nSPS) is 19.3. The van der Waals surface area contributed by atoms with Gasteiger partial charge in [-0.05, 0) is 53.4 Å². The first-order valence-corrected chi connectivity index (χ1v) is 7.42. The molecule has 100 valence electrons. The molecule has 1 aliphatic rings. The number of anilines is 1. The molecule has 0 bridgehead atoms. The van der Waals surface area contributed by atoms with E-state index in [1.807, 2.05) is 18.5 Å². The van der Waals surface area contributed by atoms with Crippen molar-refractivity contribution in [1.29, 1.82) is 0 Å². The molecule has 2 aromatic heterocycles. The molecule has 3 heterocycles. The molecule has 1 atom stereocenters. The molecule has 1 aliphatic heterocycles. The number of aromatic nitrogens is 2. The van der Waals surface area contributed by atoms with Crippen LogP contribution in [-0.2, 0) is 0 Å². The van der Waals surface area contributed by atoms with E-state index in [9.17, 15) is 0 Å². The number of halogens is 1. The first kappa shape index (κ1) is 12.8. The highest BCUT2D eigenvalue weighted by Gasteiger charge is 2.23. The summed E-state index contributed by atoms with van der Waals surface area (Å²) in [5.74, 6) is 0.712. The number of pyridine rings is 2. The highest BCUT2D eigenvalue weighted by molar-refractivity contribution is 9.10. The summed E-state index contributed by atoms with van der Waals surface area (Å²) in [6.45, 7) is 2.94. The monoisotopic (exact) mass is 320 g/mol. The Morgan fingerprint density at radius 2 is 2.32 bits per heavy atom. The van der Waals surface area contributed by atoms with Crippen LogP contribution >= 0.6 is 15.9 Å². The molecule has 1 saturated heterocycles. The van der Waals surface area contributed by atoms with Crippen LogP contribution in [0, 0.1) is 5.92 Å². The third kappa shape index (κ3) is 2.58. The van der Waals surface area contributed by atoms with Gasteiger partial charge in [-0.1, -0.05) is 0 Å². The Morgan fingerprint density at radius 3 is 3.16 bits per heavy atom. The van der Waals surface area contributed by atoms with Crippen molar-refractivity contribution in [3.05, 3.63) is 29.0 Å². The predicted octanol–water partition coefficient (Wildman–Crippen LogP) is 2.57. The van der Waals surface area contributed by atoms with Gasteiger partial charge in [0, 0.05) is 30.0 Å². The summed E-state index contributed by atoms with van der Waals surface area (Å²) in [5.41, 5.74) is 8.77. The quantitative estimate of drug-likeness (QED) is 0.944. The molecule has 0 spiro atoms. The fourth-order valence-corrected chi connectivity index (χ4v) is 3.09. The Balaban J connectivity index is 1.93. The van der Waals surface area contributed by atoms with E-state index in [1.54, 1.807) is 0 Å². The van der Waals surface area contributed by atoms with Crippen LogP contribution in [0.4, 0.5) is 5.69 Å². The average Bonchev–Trinajstić information content (AvgIpc) is 2.86. The summed E-state index contributed by atoms with van der Waals surface area (Å²) in [5, 5.41) is 0. The lowest BCUT2D eigenvalue weighted by Gasteiger charge is -2.19. The molecule has 0 saturated carbocycles. The second-order valence-corrected chi connectivity index (χ2v) is 5.95. The van der Waals surface area contributed by atoms with E-state index in [2.05, 4.69) is 36.9 Å². The third-order valence-corrected chi connectivity index (χ3v) is 4.16. The van der Waals surface area contributed by atoms with E-state index in [-0.39, 0.29) is 0 Å². The first-order chi connectivity index (χ1) is 9.28. The molecule has 1 fully saturated rings. The third-order valence-electron chi connectivity index (χ3n) is 3.72. The molecule has 2 N–H and O–H groups in total. The van der Waals surface area contributed by atoms with Crippen molar-refractivity contribution in [2.75, 3.05) is 24.5 Å². The van der Waals surface area contributed by atoms with Crippen molar-refractivity contribution >= 4 is 32.7 Å². The Hall–Kier alpha value is -1.20. The van der Waals surface area contributed by atoms with Gasteiger partial charge in [0.25, 0.3) is 0 Å². The maximum absolute atomic E-state index is 5.65. The van der Waals surface area contributed by atoms with E-state index >= 15 is 0 Å². The molecule has 0 amide bonds. The first-order valence-electron chi connectivity index (χ1n) is 6.63. The van der Waals surface area contributed by atoms with Gasteiger partial charge in [0.2, 0.25) is 0 Å². The Morgan fingerprint density at radius 1 is 1.42 bits per heavy atom. The number of nitrogens with zero attached hydrogens (tertiary/aromatic N) is 3. The summed E-state index contributed by atoms with van der Waals surface area (Å²) >= 11 is 3.44. The van der Waals surface area contributed by atoms with Gasteiger partial charge in [-0.25, -0.2) is 0 Å². The van der Waals surface area contributed by atoms with Crippen LogP contribution in [0.15, 0.2) is 29.0 Å². The molecule has 2 aromatic rings. The van der Waals surface area contributed by atoms with Crippen molar-refractivity contribution in [2.24, 2.45) is 11.7 Å². The van der Waals surface area contributed by atoms with Gasteiger partial charge in [-0.2, -0.15) is 0 Å². The lowest BCUT2D eigenvalue weighted by molar-refractivity contribution is 0.546. The Kier molecular flexibility index (Phi) is 3.66. The average molecular weight is 321 g/mol. The van der Waals surface area contributed by atoms with Crippen LogP contribution in [-0.4, -0.2) is 29.6 Å². The van der Waals surface area contributed by atoms with Gasteiger partial charge in [-0.15, -0.1) is 0 Å². The SMILES string of the molecule is NCCC1CCN(c2ccnc3cc(Br)cnc23)C1. The summed E-state index contributed by atoms with van der Waals surface area (Å²) < 4.78 is 0.965. The molecule has 4 nitrogen and oxygen atoms in total. The van der Waals surface area contributed by atoms with Crippen molar-refractivity contribution in [3.8, 4) is 0 Å². The van der Waals surface area contributed by atoms with E-state index in [0.717, 1.165) is 41.6 Å². The standard InChI is InChI=1S/C14H17BrN4/c15-11-7-12-14(18-8-11)13(2-5-17-12)19-6-3-10(9-19)1-4-16/h2,5,7-8,10H,1,3-4,6,9,16H2. The van der Waals surface area contributed by atoms with E-state index in [0.29, 0.717) is 5.92 Å². The summed E-state index contributed by atoms with van der Waals surface area (Å²) in [7, 11) is 0. The van der Waals surface area contributed by atoms with Gasteiger partial charge in [0.1, 0.15) is 5.52 Å². The minimum atomic E-state index is 0.712. The zero-order valence-corrected chi connectivity index (χ0v) is 12.3. The van der Waals surface area contributed by atoms with Gasteiger partial charge < -0.3 is 10.6 Å². The maximum Gasteiger partial charge on any atom is 0.112 e. The molecule has 19 heavy (non-hydrogen) atoms. The van der Waals surface area contributed by atoms with Crippen LogP contribution in [0.1, 0.15) is 12.8 Å². The van der Waals surface area contributed by atoms with Gasteiger partial charge in [0.05, 0.1) is 11.2 Å². The number of hydrogen-bond acceptors (Lipinski definition) is 4. The second kappa shape index (κ2) is 5.43.